The third-order valence-corrected chi connectivity index (χ3v) is 5.56. The second-order valence-corrected chi connectivity index (χ2v) is 7.67. The van der Waals surface area contributed by atoms with E-state index in [0.717, 1.165) is 69.6 Å². The van der Waals surface area contributed by atoms with E-state index in [4.69, 9.17) is 15.0 Å². The van der Waals surface area contributed by atoms with Crippen molar-refractivity contribution in [1.82, 2.24) is 24.9 Å². The topological polar surface area (TPSA) is 64.5 Å². The SMILES string of the molecule is CCCCc1nc2ccccc2nc1-c1nc2nccnc2c(C)c1-c1ccccc1. The van der Waals surface area contributed by atoms with E-state index < -0.39 is 0 Å². The zero-order valence-electron chi connectivity index (χ0n) is 17.7. The monoisotopic (exact) mass is 405 g/mol. The van der Waals surface area contributed by atoms with E-state index in [0.29, 0.717) is 5.65 Å². The fraction of sp³-hybridized carbons (Fsp3) is 0.192. The highest BCUT2D eigenvalue weighted by Gasteiger charge is 2.21. The Morgan fingerprint density at radius 1 is 0.742 bits per heavy atom. The van der Waals surface area contributed by atoms with Gasteiger partial charge in [0.1, 0.15) is 16.9 Å². The number of hydrogen-bond acceptors (Lipinski definition) is 5. The van der Waals surface area contributed by atoms with E-state index in [2.05, 4.69) is 35.9 Å². The van der Waals surface area contributed by atoms with Crippen LogP contribution in [-0.2, 0) is 6.42 Å². The van der Waals surface area contributed by atoms with E-state index in [1.54, 1.807) is 12.4 Å². The van der Waals surface area contributed by atoms with Crippen LogP contribution >= 0.6 is 0 Å². The molecule has 5 rings (SSSR count). The van der Waals surface area contributed by atoms with Gasteiger partial charge in [0.05, 0.1) is 16.7 Å². The van der Waals surface area contributed by atoms with Crippen LogP contribution in [0.3, 0.4) is 0 Å². The molecule has 0 spiro atoms. The van der Waals surface area contributed by atoms with Gasteiger partial charge in [0.2, 0.25) is 0 Å². The first-order valence-electron chi connectivity index (χ1n) is 10.7. The molecule has 31 heavy (non-hydrogen) atoms. The highest BCUT2D eigenvalue weighted by molar-refractivity contribution is 5.93. The number of rotatable bonds is 5. The molecular formula is C26H23N5. The summed E-state index contributed by atoms with van der Waals surface area (Å²) in [7, 11) is 0. The number of fused-ring (bicyclic) bond motifs is 2. The molecular weight excluding hydrogens is 382 g/mol. The van der Waals surface area contributed by atoms with Gasteiger partial charge < -0.3 is 0 Å². The Labute approximate surface area is 181 Å². The Morgan fingerprint density at radius 2 is 1.45 bits per heavy atom. The molecule has 0 aliphatic carbocycles. The van der Waals surface area contributed by atoms with Crippen LogP contribution in [0.25, 0.3) is 44.7 Å². The van der Waals surface area contributed by atoms with Gasteiger partial charge in [-0.25, -0.2) is 19.9 Å². The second kappa shape index (κ2) is 8.19. The zero-order valence-corrected chi connectivity index (χ0v) is 17.7. The molecule has 2 aromatic carbocycles. The van der Waals surface area contributed by atoms with E-state index in [1.807, 2.05) is 42.5 Å². The molecule has 5 aromatic rings. The number of unbranched alkanes of at least 4 members (excludes halogenated alkanes) is 1. The first-order valence-corrected chi connectivity index (χ1v) is 10.7. The van der Waals surface area contributed by atoms with Gasteiger partial charge in [0.25, 0.3) is 0 Å². The van der Waals surface area contributed by atoms with Crippen molar-refractivity contribution in [3.63, 3.8) is 0 Å². The van der Waals surface area contributed by atoms with Gasteiger partial charge in [-0.2, -0.15) is 0 Å². The molecule has 0 saturated carbocycles. The molecule has 0 radical (unpaired) electrons. The maximum Gasteiger partial charge on any atom is 0.179 e. The number of aryl methyl sites for hydroxylation is 2. The van der Waals surface area contributed by atoms with Crippen LogP contribution in [0.4, 0.5) is 0 Å². The number of nitrogens with zero attached hydrogens (tertiary/aromatic N) is 5. The van der Waals surface area contributed by atoms with Crippen LogP contribution in [-0.4, -0.2) is 24.9 Å². The third-order valence-electron chi connectivity index (χ3n) is 5.56. The zero-order chi connectivity index (χ0) is 21.2. The van der Waals surface area contributed by atoms with Crippen molar-refractivity contribution < 1.29 is 0 Å². The van der Waals surface area contributed by atoms with Crippen LogP contribution in [0.5, 0.6) is 0 Å². The largest absolute Gasteiger partial charge is 0.251 e. The number of pyridine rings is 1. The van der Waals surface area contributed by atoms with E-state index >= 15 is 0 Å². The molecule has 0 atom stereocenters. The second-order valence-electron chi connectivity index (χ2n) is 7.67. The van der Waals surface area contributed by atoms with Crippen molar-refractivity contribution in [2.75, 3.05) is 0 Å². The fourth-order valence-corrected chi connectivity index (χ4v) is 4.01. The number of para-hydroxylation sites is 2. The van der Waals surface area contributed by atoms with Crippen molar-refractivity contribution >= 4 is 22.2 Å². The Balaban J connectivity index is 1.87. The van der Waals surface area contributed by atoms with Gasteiger partial charge >= 0.3 is 0 Å². The van der Waals surface area contributed by atoms with Gasteiger partial charge in [-0.3, -0.25) is 4.98 Å². The predicted octanol–water partition coefficient (Wildman–Crippen LogP) is 5.95. The highest BCUT2D eigenvalue weighted by atomic mass is 14.9. The Morgan fingerprint density at radius 3 is 2.23 bits per heavy atom. The molecule has 3 heterocycles. The summed E-state index contributed by atoms with van der Waals surface area (Å²) >= 11 is 0. The van der Waals surface area contributed by atoms with Crippen LogP contribution in [0.2, 0.25) is 0 Å². The molecule has 5 heteroatoms. The first kappa shape index (κ1) is 19.2. The number of aromatic nitrogens is 5. The van der Waals surface area contributed by atoms with Crippen LogP contribution in [0.1, 0.15) is 31.0 Å². The van der Waals surface area contributed by atoms with E-state index in [9.17, 15) is 0 Å². The molecule has 3 aromatic heterocycles. The fourth-order valence-electron chi connectivity index (χ4n) is 4.01. The van der Waals surface area contributed by atoms with Gasteiger partial charge in [-0.05, 0) is 43.0 Å². The Kier molecular flexibility index (Phi) is 5.08. The van der Waals surface area contributed by atoms with Crippen LogP contribution in [0, 0.1) is 6.92 Å². The molecule has 0 aliphatic heterocycles. The van der Waals surface area contributed by atoms with Crippen molar-refractivity contribution in [3.8, 4) is 22.5 Å². The van der Waals surface area contributed by atoms with Crippen molar-refractivity contribution in [1.29, 1.82) is 0 Å². The summed E-state index contributed by atoms with van der Waals surface area (Å²) in [5.41, 5.74) is 9.04. The molecule has 0 fully saturated rings. The van der Waals surface area contributed by atoms with Crippen molar-refractivity contribution in [2.45, 2.75) is 33.1 Å². The minimum Gasteiger partial charge on any atom is -0.251 e. The van der Waals surface area contributed by atoms with Crippen LogP contribution in [0.15, 0.2) is 67.0 Å². The molecule has 0 amide bonds. The molecule has 0 aliphatic rings. The predicted molar refractivity (Wildman–Crippen MR) is 125 cm³/mol. The smallest absolute Gasteiger partial charge is 0.179 e. The van der Waals surface area contributed by atoms with Gasteiger partial charge in [0.15, 0.2) is 5.65 Å². The molecule has 0 N–H and O–H groups in total. The summed E-state index contributed by atoms with van der Waals surface area (Å²) in [5.74, 6) is 0. The Bertz CT molecular complexity index is 1380. The summed E-state index contributed by atoms with van der Waals surface area (Å²) < 4.78 is 0. The highest BCUT2D eigenvalue weighted by Crippen LogP contribution is 2.37. The lowest BCUT2D eigenvalue weighted by Gasteiger charge is -2.16. The van der Waals surface area contributed by atoms with Gasteiger partial charge in [-0.15, -0.1) is 0 Å². The average molecular weight is 406 g/mol. The van der Waals surface area contributed by atoms with Crippen molar-refractivity contribution in [2.24, 2.45) is 0 Å². The minimum absolute atomic E-state index is 0.631. The summed E-state index contributed by atoms with van der Waals surface area (Å²) in [6.07, 6.45) is 6.40. The quantitative estimate of drug-likeness (QED) is 0.361. The average Bonchev–Trinajstić information content (AvgIpc) is 2.82. The lowest BCUT2D eigenvalue weighted by molar-refractivity contribution is 0.777. The summed E-state index contributed by atoms with van der Waals surface area (Å²) in [5, 5.41) is 0. The standard InChI is InChI=1S/C26H23N5/c1-3-4-12-21-24(30-20-14-9-8-13-19(20)29-21)25-22(18-10-6-5-7-11-18)17(2)23-26(31-25)28-16-15-27-23/h5-11,13-16H,3-4,12H2,1-2H3. The molecule has 5 nitrogen and oxygen atoms in total. The lowest BCUT2D eigenvalue weighted by atomic mass is 9.95. The molecule has 152 valence electrons. The number of benzene rings is 2. The van der Waals surface area contributed by atoms with Crippen molar-refractivity contribution in [3.05, 3.63) is 78.2 Å². The molecule has 0 bridgehead atoms. The molecule has 0 saturated heterocycles. The normalized spacial score (nSPS) is 11.3. The van der Waals surface area contributed by atoms with Gasteiger partial charge in [0, 0.05) is 18.0 Å². The first-order chi connectivity index (χ1) is 15.3. The molecule has 0 unspecified atom stereocenters. The van der Waals surface area contributed by atoms with E-state index in [-0.39, 0.29) is 0 Å². The third kappa shape index (κ3) is 3.52. The van der Waals surface area contributed by atoms with E-state index in [1.165, 1.54) is 0 Å². The number of hydrogen-bond donors (Lipinski definition) is 0. The maximum absolute atomic E-state index is 5.06. The van der Waals surface area contributed by atoms with Crippen LogP contribution < -0.4 is 0 Å². The van der Waals surface area contributed by atoms with Gasteiger partial charge in [-0.1, -0.05) is 55.8 Å². The minimum atomic E-state index is 0.631. The summed E-state index contributed by atoms with van der Waals surface area (Å²) in [6.45, 7) is 4.28. The Hall–Kier alpha value is -3.73. The lowest BCUT2D eigenvalue weighted by Crippen LogP contribution is -2.04. The maximum atomic E-state index is 5.06. The summed E-state index contributed by atoms with van der Waals surface area (Å²) in [4.78, 5) is 24.1. The summed E-state index contributed by atoms with van der Waals surface area (Å²) in [6, 6.07) is 18.3.